The second kappa shape index (κ2) is 3.42. The average molecular weight is 226 g/mol. The van der Waals surface area contributed by atoms with Gasteiger partial charge in [-0.05, 0) is 38.1 Å². The van der Waals surface area contributed by atoms with Crippen LogP contribution in [0.1, 0.15) is 13.8 Å². The summed E-state index contributed by atoms with van der Waals surface area (Å²) in [4.78, 5) is 11.2. The van der Waals surface area contributed by atoms with Gasteiger partial charge in [-0.1, -0.05) is 11.6 Å². The number of amides is 1. The molecule has 1 heterocycles. The number of rotatable bonds is 2. The van der Waals surface area contributed by atoms with E-state index in [9.17, 15) is 4.79 Å². The number of β-lactam (4-membered cyclic amide) rings is 1. The van der Waals surface area contributed by atoms with E-state index >= 15 is 0 Å². The lowest BCUT2D eigenvalue weighted by molar-refractivity contribution is -0.155. The van der Waals surface area contributed by atoms with E-state index in [4.69, 9.17) is 16.3 Å². The van der Waals surface area contributed by atoms with Crippen molar-refractivity contribution < 1.29 is 9.53 Å². The van der Waals surface area contributed by atoms with Crippen molar-refractivity contribution in [3.63, 3.8) is 0 Å². The van der Waals surface area contributed by atoms with Gasteiger partial charge in [0.2, 0.25) is 5.91 Å². The number of carbonyl (C=O) groups excluding carboxylic acids is 1. The molecule has 1 atom stereocenters. The Hall–Kier alpha value is -1.22. The molecule has 4 heteroatoms. The van der Waals surface area contributed by atoms with Crippen molar-refractivity contribution >= 4 is 17.5 Å². The third kappa shape index (κ3) is 1.79. The van der Waals surface area contributed by atoms with Crippen molar-refractivity contribution in [2.45, 2.75) is 20.1 Å². The van der Waals surface area contributed by atoms with Gasteiger partial charge in [-0.2, -0.15) is 0 Å². The van der Waals surface area contributed by atoms with E-state index < -0.39 is 5.41 Å². The lowest BCUT2D eigenvalue weighted by atomic mass is 9.83. The highest BCUT2D eigenvalue weighted by molar-refractivity contribution is 6.30. The van der Waals surface area contributed by atoms with Crippen LogP contribution in [0.3, 0.4) is 0 Å². The lowest BCUT2D eigenvalue weighted by Gasteiger charge is -2.42. The summed E-state index contributed by atoms with van der Waals surface area (Å²) in [5, 5.41) is 3.37. The first-order valence-electron chi connectivity index (χ1n) is 4.73. The van der Waals surface area contributed by atoms with Crippen LogP contribution >= 0.6 is 11.6 Å². The topological polar surface area (TPSA) is 38.3 Å². The summed E-state index contributed by atoms with van der Waals surface area (Å²) < 4.78 is 5.60. The molecule has 0 aromatic heterocycles. The summed E-state index contributed by atoms with van der Waals surface area (Å²) >= 11 is 5.75. The third-order valence-electron chi connectivity index (χ3n) is 2.57. The summed E-state index contributed by atoms with van der Waals surface area (Å²) in [5.41, 5.74) is -0.459. The van der Waals surface area contributed by atoms with Crippen LogP contribution in [-0.4, -0.2) is 12.1 Å². The minimum Gasteiger partial charge on any atom is -0.470 e. The minimum atomic E-state index is -0.459. The first-order valence-corrected chi connectivity index (χ1v) is 5.11. The molecule has 15 heavy (non-hydrogen) atoms. The highest BCUT2D eigenvalue weighted by Crippen LogP contribution is 2.31. The number of carbonyl (C=O) groups is 1. The number of benzene rings is 1. The minimum absolute atomic E-state index is 0.0152. The van der Waals surface area contributed by atoms with Crippen LogP contribution in [0.5, 0.6) is 5.75 Å². The van der Waals surface area contributed by atoms with E-state index in [1.165, 1.54) is 0 Å². The number of ether oxygens (including phenoxy) is 1. The van der Waals surface area contributed by atoms with Gasteiger partial charge in [-0.15, -0.1) is 0 Å². The van der Waals surface area contributed by atoms with E-state index in [1.54, 1.807) is 24.3 Å². The molecule has 1 aliphatic rings. The lowest BCUT2D eigenvalue weighted by Crippen LogP contribution is -2.66. The molecule has 1 aromatic rings. The fourth-order valence-corrected chi connectivity index (χ4v) is 1.48. The molecule has 1 fully saturated rings. The third-order valence-corrected chi connectivity index (χ3v) is 2.82. The number of nitrogens with one attached hydrogen (secondary N) is 1. The van der Waals surface area contributed by atoms with Crippen LogP contribution < -0.4 is 10.1 Å². The predicted octanol–water partition coefficient (Wildman–Crippen LogP) is 2.20. The highest BCUT2D eigenvalue weighted by Gasteiger charge is 2.49. The van der Waals surface area contributed by atoms with Crippen LogP contribution in [0.4, 0.5) is 0 Å². The van der Waals surface area contributed by atoms with Gasteiger partial charge in [-0.3, -0.25) is 4.79 Å². The van der Waals surface area contributed by atoms with E-state index in [2.05, 4.69) is 5.32 Å². The number of hydrogen-bond acceptors (Lipinski definition) is 2. The molecule has 3 nitrogen and oxygen atoms in total. The molecule has 0 saturated carbocycles. The standard InChI is InChI=1S/C11H12ClNO2/c1-11(2)9(14)13-10(11)15-8-5-3-7(12)4-6-8/h3-6,10H,1-2H3,(H,13,14). The van der Waals surface area contributed by atoms with Gasteiger partial charge in [0.05, 0.1) is 5.41 Å². The molecule has 0 bridgehead atoms. The summed E-state index contributed by atoms with van der Waals surface area (Å²) in [6, 6.07) is 7.07. The van der Waals surface area contributed by atoms with Crippen LogP contribution in [-0.2, 0) is 4.79 Å². The van der Waals surface area contributed by atoms with Crippen molar-refractivity contribution in [3.05, 3.63) is 29.3 Å². The van der Waals surface area contributed by atoms with Crippen molar-refractivity contribution in [1.82, 2.24) is 5.32 Å². The van der Waals surface area contributed by atoms with Gasteiger partial charge in [0, 0.05) is 5.02 Å². The molecule has 0 aliphatic carbocycles. The van der Waals surface area contributed by atoms with Crippen LogP contribution in [0, 0.1) is 5.41 Å². The van der Waals surface area contributed by atoms with Crippen LogP contribution in [0.15, 0.2) is 24.3 Å². The highest BCUT2D eigenvalue weighted by atomic mass is 35.5. The maximum absolute atomic E-state index is 11.2. The van der Waals surface area contributed by atoms with Gasteiger partial charge < -0.3 is 10.1 Å². The first kappa shape index (κ1) is 10.3. The Bertz CT molecular complexity index is 386. The predicted molar refractivity (Wildman–Crippen MR) is 57.8 cm³/mol. The second-order valence-corrected chi connectivity index (χ2v) is 4.58. The van der Waals surface area contributed by atoms with E-state index in [-0.39, 0.29) is 12.1 Å². The fourth-order valence-electron chi connectivity index (χ4n) is 1.35. The van der Waals surface area contributed by atoms with Crippen molar-refractivity contribution in [3.8, 4) is 5.75 Å². The Morgan fingerprint density at radius 3 is 2.40 bits per heavy atom. The Morgan fingerprint density at radius 1 is 1.33 bits per heavy atom. The molecule has 1 aromatic carbocycles. The van der Waals surface area contributed by atoms with Crippen LogP contribution in [0.2, 0.25) is 5.02 Å². The molecule has 2 rings (SSSR count). The molecule has 80 valence electrons. The van der Waals surface area contributed by atoms with Gasteiger partial charge >= 0.3 is 0 Å². The maximum atomic E-state index is 11.2. The van der Waals surface area contributed by atoms with Gasteiger partial charge in [-0.25, -0.2) is 0 Å². The average Bonchev–Trinajstić information content (AvgIpc) is 2.21. The van der Waals surface area contributed by atoms with Gasteiger partial charge in [0.1, 0.15) is 5.75 Å². The zero-order valence-electron chi connectivity index (χ0n) is 8.58. The molecule has 1 N–H and O–H groups in total. The Balaban J connectivity index is 2.05. The summed E-state index contributed by atoms with van der Waals surface area (Å²) in [7, 11) is 0. The number of hydrogen-bond donors (Lipinski definition) is 1. The Kier molecular flexibility index (Phi) is 2.35. The largest absolute Gasteiger partial charge is 0.470 e. The quantitative estimate of drug-likeness (QED) is 0.784. The molecular formula is C11H12ClNO2. The zero-order valence-corrected chi connectivity index (χ0v) is 9.34. The molecule has 1 amide bonds. The zero-order chi connectivity index (χ0) is 11.1. The van der Waals surface area contributed by atoms with E-state index in [0.717, 1.165) is 0 Å². The molecule has 0 radical (unpaired) electrons. The molecule has 1 unspecified atom stereocenters. The maximum Gasteiger partial charge on any atom is 0.234 e. The monoisotopic (exact) mass is 225 g/mol. The fraction of sp³-hybridized carbons (Fsp3) is 0.364. The Labute approximate surface area is 93.4 Å². The smallest absolute Gasteiger partial charge is 0.234 e. The van der Waals surface area contributed by atoms with Crippen molar-refractivity contribution in [2.75, 3.05) is 0 Å². The van der Waals surface area contributed by atoms with Crippen LogP contribution in [0.25, 0.3) is 0 Å². The van der Waals surface area contributed by atoms with Gasteiger partial charge in [0.25, 0.3) is 0 Å². The Morgan fingerprint density at radius 2 is 1.93 bits per heavy atom. The summed E-state index contributed by atoms with van der Waals surface area (Å²) in [6.45, 7) is 3.71. The van der Waals surface area contributed by atoms with Gasteiger partial charge in [0.15, 0.2) is 6.23 Å². The molecule has 1 aliphatic heterocycles. The molecule has 1 saturated heterocycles. The normalized spacial score (nSPS) is 22.9. The van der Waals surface area contributed by atoms with Crippen molar-refractivity contribution in [1.29, 1.82) is 0 Å². The van der Waals surface area contributed by atoms with E-state index in [0.29, 0.717) is 10.8 Å². The first-order chi connectivity index (χ1) is 7.00. The van der Waals surface area contributed by atoms with E-state index in [1.807, 2.05) is 13.8 Å². The second-order valence-electron chi connectivity index (χ2n) is 4.15. The number of halogens is 1. The molecular weight excluding hydrogens is 214 g/mol. The van der Waals surface area contributed by atoms with Crippen molar-refractivity contribution in [2.24, 2.45) is 5.41 Å². The summed E-state index contributed by atoms with van der Waals surface area (Å²) in [5.74, 6) is 0.721. The summed E-state index contributed by atoms with van der Waals surface area (Å²) in [6.07, 6.45) is -0.258. The SMILES string of the molecule is CC1(C)C(=O)NC1Oc1ccc(Cl)cc1. The molecule has 0 spiro atoms.